The Bertz CT molecular complexity index is 1060. The quantitative estimate of drug-likeness (QED) is 0.743. The van der Waals surface area contributed by atoms with E-state index in [0.717, 1.165) is 30.0 Å². The van der Waals surface area contributed by atoms with E-state index in [0.29, 0.717) is 11.6 Å². The van der Waals surface area contributed by atoms with E-state index in [-0.39, 0.29) is 18.1 Å². The molecule has 28 heavy (non-hydrogen) atoms. The van der Waals surface area contributed by atoms with Gasteiger partial charge >= 0.3 is 5.69 Å². The zero-order chi connectivity index (χ0) is 19.7. The molecule has 3 heterocycles. The minimum atomic E-state index is -0.435. The first-order chi connectivity index (χ1) is 13.5. The fourth-order valence-corrected chi connectivity index (χ4v) is 3.44. The van der Waals surface area contributed by atoms with Crippen LogP contribution >= 0.6 is 0 Å². The summed E-state index contributed by atoms with van der Waals surface area (Å²) in [5.41, 5.74) is 0.0122. The lowest BCUT2D eigenvalue weighted by atomic mass is 10.0. The Morgan fingerprint density at radius 2 is 2.07 bits per heavy atom. The Hall–Kier alpha value is -3.23. The number of rotatable bonds is 4. The smallest absolute Gasteiger partial charge is 0.352 e. The number of carbonyl (C=O) groups is 1. The zero-order valence-corrected chi connectivity index (χ0v) is 15.5. The van der Waals surface area contributed by atoms with Crippen molar-refractivity contribution in [3.63, 3.8) is 0 Å². The van der Waals surface area contributed by atoms with E-state index in [1.165, 1.54) is 35.1 Å². The monoisotopic (exact) mass is 384 g/mol. The summed E-state index contributed by atoms with van der Waals surface area (Å²) in [6, 6.07) is 7.20. The van der Waals surface area contributed by atoms with Crippen molar-refractivity contribution in [2.24, 2.45) is 5.92 Å². The standard InChI is InChI=1S/C19H21FN6O2/c1-13-3-2-9-24(11-13)16-8-10-25-18(22-16)23-26(19(25)28)12-17(27)21-15-6-4-14(20)5-7-15/h4-8,10,13H,2-3,9,11-12H2,1H3,(H,21,27). The topological polar surface area (TPSA) is 84.5 Å². The molecule has 1 saturated heterocycles. The number of carbonyl (C=O) groups excluding carboxylic acids is 1. The number of piperidine rings is 1. The number of aromatic nitrogens is 4. The minimum absolute atomic E-state index is 0.254. The van der Waals surface area contributed by atoms with Gasteiger partial charge in [-0.25, -0.2) is 18.3 Å². The lowest BCUT2D eigenvalue weighted by molar-refractivity contribution is -0.117. The summed E-state index contributed by atoms with van der Waals surface area (Å²) in [6.07, 6.45) is 3.95. The molecule has 8 nitrogen and oxygen atoms in total. The first-order valence-electron chi connectivity index (χ1n) is 9.26. The largest absolute Gasteiger partial charge is 0.356 e. The van der Waals surface area contributed by atoms with Crippen LogP contribution in [0.4, 0.5) is 15.9 Å². The molecule has 1 N–H and O–H groups in total. The summed E-state index contributed by atoms with van der Waals surface area (Å²) in [4.78, 5) is 31.4. The summed E-state index contributed by atoms with van der Waals surface area (Å²) in [5.74, 6) is 0.825. The van der Waals surface area contributed by atoms with Crippen LogP contribution in [0.3, 0.4) is 0 Å². The summed E-state index contributed by atoms with van der Waals surface area (Å²) < 4.78 is 15.3. The third kappa shape index (κ3) is 3.73. The van der Waals surface area contributed by atoms with Crippen LogP contribution in [0, 0.1) is 11.7 Å². The van der Waals surface area contributed by atoms with E-state index in [1.54, 1.807) is 12.3 Å². The molecule has 2 aromatic heterocycles. The normalized spacial score (nSPS) is 17.1. The molecule has 146 valence electrons. The van der Waals surface area contributed by atoms with Gasteiger partial charge < -0.3 is 10.2 Å². The molecular weight excluding hydrogens is 363 g/mol. The lowest BCUT2D eigenvalue weighted by Gasteiger charge is -2.31. The molecule has 0 radical (unpaired) electrons. The third-order valence-electron chi connectivity index (χ3n) is 4.84. The van der Waals surface area contributed by atoms with Crippen molar-refractivity contribution < 1.29 is 9.18 Å². The van der Waals surface area contributed by atoms with Crippen molar-refractivity contribution in [3.8, 4) is 0 Å². The van der Waals surface area contributed by atoms with Gasteiger partial charge in [0.1, 0.15) is 18.2 Å². The van der Waals surface area contributed by atoms with Gasteiger partial charge in [-0.05, 0) is 49.1 Å². The van der Waals surface area contributed by atoms with E-state index >= 15 is 0 Å². The first-order valence-corrected chi connectivity index (χ1v) is 9.26. The number of hydrogen-bond donors (Lipinski definition) is 1. The molecule has 1 unspecified atom stereocenters. The Morgan fingerprint density at radius 3 is 2.82 bits per heavy atom. The van der Waals surface area contributed by atoms with Crippen LogP contribution < -0.4 is 15.9 Å². The van der Waals surface area contributed by atoms with Crippen LogP contribution in [0.25, 0.3) is 5.78 Å². The van der Waals surface area contributed by atoms with Gasteiger partial charge in [-0.3, -0.25) is 4.79 Å². The lowest BCUT2D eigenvalue weighted by Crippen LogP contribution is -2.34. The van der Waals surface area contributed by atoms with Gasteiger partial charge in [0.05, 0.1) is 0 Å². The number of hydrogen-bond acceptors (Lipinski definition) is 5. The molecule has 0 saturated carbocycles. The first kappa shape index (κ1) is 18.1. The Morgan fingerprint density at radius 1 is 1.29 bits per heavy atom. The van der Waals surface area contributed by atoms with Crippen LogP contribution in [-0.4, -0.2) is 38.2 Å². The number of halogens is 1. The molecule has 0 bridgehead atoms. The molecule has 1 amide bonds. The summed E-state index contributed by atoms with van der Waals surface area (Å²) >= 11 is 0. The average molecular weight is 384 g/mol. The van der Waals surface area contributed by atoms with E-state index in [4.69, 9.17) is 0 Å². The minimum Gasteiger partial charge on any atom is -0.356 e. The molecule has 0 spiro atoms. The van der Waals surface area contributed by atoms with Crippen molar-refractivity contribution in [3.05, 3.63) is 52.8 Å². The predicted molar refractivity (Wildman–Crippen MR) is 103 cm³/mol. The molecular formula is C19H21FN6O2. The summed E-state index contributed by atoms with van der Waals surface area (Å²) in [5, 5.41) is 6.80. The maximum atomic E-state index is 12.9. The number of fused-ring (bicyclic) bond motifs is 1. The highest BCUT2D eigenvalue weighted by atomic mass is 19.1. The van der Waals surface area contributed by atoms with Crippen LogP contribution in [0.2, 0.25) is 0 Å². The number of amides is 1. The molecule has 1 fully saturated rings. The average Bonchev–Trinajstić information content (AvgIpc) is 2.98. The van der Waals surface area contributed by atoms with Crippen LogP contribution in [0.1, 0.15) is 19.8 Å². The van der Waals surface area contributed by atoms with Crippen molar-refractivity contribution in [2.45, 2.75) is 26.3 Å². The fraction of sp³-hybridized carbons (Fsp3) is 0.368. The summed E-state index contributed by atoms with van der Waals surface area (Å²) in [7, 11) is 0. The predicted octanol–water partition coefficient (Wildman–Crippen LogP) is 1.91. The van der Waals surface area contributed by atoms with Gasteiger partial charge in [-0.1, -0.05) is 6.92 Å². The van der Waals surface area contributed by atoms with Crippen molar-refractivity contribution in [1.82, 2.24) is 19.2 Å². The van der Waals surface area contributed by atoms with Gasteiger partial charge in [0.15, 0.2) is 0 Å². The van der Waals surface area contributed by atoms with Crippen molar-refractivity contribution in [2.75, 3.05) is 23.3 Å². The van der Waals surface area contributed by atoms with E-state index < -0.39 is 11.6 Å². The molecule has 0 aliphatic carbocycles. The highest BCUT2D eigenvalue weighted by molar-refractivity contribution is 5.90. The Labute approximate surface area is 160 Å². The highest BCUT2D eigenvalue weighted by Crippen LogP contribution is 2.21. The number of nitrogens with one attached hydrogen (secondary N) is 1. The number of anilines is 2. The molecule has 3 aromatic rings. The van der Waals surface area contributed by atoms with Crippen molar-refractivity contribution >= 4 is 23.2 Å². The zero-order valence-electron chi connectivity index (χ0n) is 15.5. The molecule has 4 rings (SSSR count). The SMILES string of the molecule is CC1CCCN(c2ccn3c(=O)n(CC(=O)Nc4ccc(F)cc4)nc3n2)C1. The van der Waals surface area contributed by atoms with Gasteiger partial charge in [0.25, 0.3) is 5.78 Å². The molecule has 1 aliphatic rings. The van der Waals surface area contributed by atoms with E-state index in [9.17, 15) is 14.0 Å². The second-order valence-corrected chi connectivity index (χ2v) is 7.14. The van der Waals surface area contributed by atoms with Gasteiger partial charge in [-0.2, -0.15) is 4.98 Å². The molecule has 1 atom stereocenters. The maximum absolute atomic E-state index is 12.9. The van der Waals surface area contributed by atoms with Gasteiger partial charge in [0, 0.05) is 25.0 Å². The Balaban J connectivity index is 1.52. The number of benzene rings is 1. The maximum Gasteiger partial charge on any atom is 0.352 e. The van der Waals surface area contributed by atoms with Crippen LogP contribution in [0.5, 0.6) is 0 Å². The van der Waals surface area contributed by atoms with Crippen LogP contribution in [-0.2, 0) is 11.3 Å². The van der Waals surface area contributed by atoms with E-state index in [1.807, 2.05) is 0 Å². The summed E-state index contributed by atoms with van der Waals surface area (Å²) in [6.45, 7) is 3.81. The van der Waals surface area contributed by atoms with Crippen molar-refractivity contribution in [1.29, 1.82) is 0 Å². The van der Waals surface area contributed by atoms with E-state index in [2.05, 4.69) is 27.2 Å². The molecule has 1 aromatic carbocycles. The van der Waals surface area contributed by atoms with Gasteiger partial charge in [0.2, 0.25) is 5.91 Å². The van der Waals surface area contributed by atoms with Crippen LogP contribution in [0.15, 0.2) is 41.3 Å². The number of nitrogens with zero attached hydrogens (tertiary/aromatic N) is 5. The third-order valence-corrected chi connectivity index (χ3v) is 4.84. The Kier molecular flexibility index (Phi) is 4.81. The van der Waals surface area contributed by atoms with Gasteiger partial charge in [-0.15, -0.1) is 5.10 Å². The molecule has 9 heteroatoms. The second kappa shape index (κ2) is 7.41. The fourth-order valence-electron chi connectivity index (χ4n) is 3.44. The second-order valence-electron chi connectivity index (χ2n) is 7.14. The highest BCUT2D eigenvalue weighted by Gasteiger charge is 2.19. The molecule has 1 aliphatic heterocycles.